The molecule has 0 aliphatic rings. The Morgan fingerprint density at radius 2 is 0.875 bits per heavy atom. The van der Waals surface area contributed by atoms with Crippen LogP contribution in [0.1, 0.15) is 20.8 Å². The highest BCUT2D eigenvalue weighted by molar-refractivity contribution is 7.81. The van der Waals surface area contributed by atoms with Gasteiger partial charge in [-0.25, -0.2) is 0 Å². The van der Waals surface area contributed by atoms with E-state index < -0.39 is 22.8 Å². The molecule has 4 heteroatoms. The van der Waals surface area contributed by atoms with Gasteiger partial charge in [0.05, 0.1) is 0 Å². The van der Waals surface area contributed by atoms with E-state index in [-0.39, 0.29) is 7.35 Å². The molecule has 0 amide bonds. The molecule has 0 aromatic heterocycles. The van der Waals surface area contributed by atoms with Crippen molar-refractivity contribution < 1.29 is 0 Å². The first-order chi connectivity index (χ1) is 6.62. The third-order valence-corrected chi connectivity index (χ3v) is 65.2. The Labute approximate surface area is 108 Å². The average molecular weight is 290 g/mol. The van der Waals surface area contributed by atoms with Crippen LogP contribution in [0.5, 0.6) is 0 Å². The minimum absolute atomic E-state index is 0.0926. The van der Waals surface area contributed by atoms with Gasteiger partial charge in [-0.2, -0.15) is 0 Å². The zero-order valence-corrected chi connectivity index (χ0v) is 17.5. The fourth-order valence-corrected chi connectivity index (χ4v) is 91.1. The van der Waals surface area contributed by atoms with Crippen molar-refractivity contribution in [2.45, 2.75) is 78.2 Å². The van der Waals surface area contributed by atoms with Crippen molar-refractivity contribution >= 4 is 30.1 Å². The van der Waals surface area contributed by atoms with Gasteiger partial charge in [0, 0.05) is 30.1 Å². The molecule has 16 heavy (non-hydrogen) atoms. The Hall–Kier alpha value is 0.868. The molecule has 0 heterocycles. The second-order valence-corrected chi connectivity index (χ2v) is 45.0. The van der Waals surface area contributed by atoms with Crippen LogP contribution in [0.25, 0.3) is 0 Å². The van der Waals surface area contributed by atoms with Gasteiger partial charge < -0.3 is 0 Å². The molecule has 0 saturated heterocycles. The number of hydrogen-bond donors (Lipinski definition) is 0. The molecule has 0 bridgehead atoms. The topological polar surface area (TPSA) is 0 Å². The van der Waals surface area contributed by atoms with Crippen LogP contribution >= 0.6 is 0 Å². The van der Waals surface area contributed by atoms with E-state index in [4.69, 9.17) is 0 Å². The lowest BCUT2D eigenvalue weighted by Crippen LogP contribution is -2.74. The second kappa shape index (κ2) is 4.52. The zero-order chi connectivity index (χ0) is 13.6. The first-order valence-corrected chi connectivity index (χ1v) is 21.0. The molecule has 0 aromatic rings. The minimum atomic E-state index is -1.08. The van der Waals surface area contributed by atoms with Crippen LogP contribution in [0.2, 0.25) is 57.4 Å². The van der Waals surface area contributed by atoms with Gasteiger partial charge in [-0.3, -0.25) is 0 Å². The Morgan fingerprint density at radius 3 is 0.938 bits per heavy atom. The maximum absolute atomic E-state index is 2.69. The molecule has 0 atom stereocenters. The summed E-state index contributed by atoms with van der Waals surface area (Å²) >= 11 is 0. The molecule has 0 rings (SSSR count). The lowest BCUT2D eigenvalue weighted by Gasteiger charge is -2.52. The maximum Gasteiger partial charge on any atom is 0.0390 e. The van der Waals surface area contributed by atoms with Gasteiger partial charge >= 0.3 is 0 Å². The van der Waals surface area contributed by atoms with Gasteiger partial charge in [0.2, 0.25) is 0 Å². The van der Waals surface area contributed by atoms with Crippen LogP contribution in [0, 0.1) is 0 Å². The minimum Gasteiger partial charge on any atom is -0.0721 e. The van der Waals surface area contributed by atoms with Crippen LogP contribution in [-0.2, 0) is 0 Å². The van der Waals surface area contributed by atoms with Crippen molar-refractivity contribution in [2.75, 3.05) is 0 Å². The van der Waals surface area contributed by atoms with Crippen LogP contribution in [-0.4, -0.2) is 30.1 Å². The van der Waals surface area contributed by atoms with Crippen molar-refractivity contribution in [1.29, 1.82) is 0 Å². The average Bonchev–Trinajstić information content (AvgIpc) is 1.72. The molecule has 0 aromatic carbocycles. The highest BCUT2D eigenvalue weighted by atomic mass is 29.9. The number of rotatable bonds is 3. The first kappa shape index (κ1) is 16.9. The van der Waals surface area contributed by atoms with Crippen molar-refractivity contribution in [1.82, 2.24) is 0 Å². The van der Waals surface area contributed by atoms with Crippen LogP contribution in [0.4, 0.5) is 0 Å². The van der Waals surface area contributed by atoms with Crippen molar-refractivity contribution in [3.8, 4) is 0 Å². The summed E-state index contributed by atoms with van der Waals surface area (Å²) in [5, 5.41) is 0.585. The van der Waals surface area contributed by atoms with Crippen molar-refractivity contribution in [3.63, 3.8) is 0 Å². The molecule has 0 unspecified atom stereocenters. The lowest BCUT2D eigenvalue weighted by molar-refractivity contribution is 0.734. The van der Waals surface area contributed by atoms with Crippen LogP contribution < -0.4 is 0 Å². The molecule has 0 saturated carbocycles. The Bertz CT molecular complexity index is 223. The van der Waals surface area contributed by atoms with E-state index in [1.165, 1.54) is 0 Å². The third kappa shape index (κ3) is 3.68. The largest absolute Gasteiger partial charge is 0.0721 e. The normalized spacial score (nSPS) is 15.8. The van der Waals surface area contributed by atoms with Crippen LogP contribution in [0.15, 0.2) is 0 Å². The molecular weight excluding hydrogens is 256 g/mol. The van der Waals surface area contributed by atoms with Gasteiger partial charge in [-0.15, -0.1) is 0 Å². The summed E-state index contributed by atoms with van der Waals surface area (Å²) in [5.74, 6) is 0. The fourth-order valence-electron chi connectivity index (χ4n) is 3.38. The van der Waals surface area contributed by atoms with Gasteiger partial charge in [-0.05, 0) is 5.04 Å². The van der Waals surface area contributed by atoms with Gasteiger partial charge in [0.1, 0.15) is 0 Å². The van der Waals surface area contributed by atoms with E-state index in [0.717, 1.165) is 0 Å². The monoisotopic (exact) mass is 289 g/mol. The molecule has 0 aliphatic carbocycles. The predicted octanol–water partition coefficient (Wildman–Crippen LogP) is 4.90. The predicted molar refractivity (Wildman–Crippen MR) is 89.6 cm³/mol. The summed E-state index contributed by atoms with van der Waals surface area (Å²) in [6.45, 7) is 28.7. The molecule has 0 spiro atoms. The summed E-state index contributed by atoms with van der Waals surface area (Å²) in [6.07, 6.45) is 0. The molecular formula is C12H33Si4. The summed E-state index contributed by atoms with van der Waals surface area (Å²) in [7, 11) is -3.06. The van der Waals surface area contributed by atoms with Gasteiger partial charge in [-0.1, -0.05) is 73.1 Å². The van der Waals surface area contributed by atoms with E-state index in [2.05, 4.69) is 73.1 Å². The van der Waals surface area contributed by atoms with E-state index >= 15 is 0 Å². The molecule has 0 aliphatic heterocycles. The maximum atomic E-state index is 2.69. The Kier molecular flexibility index (Phi) is 4.76. The molecule has 0 fully saturated rings. The van der Waals surface area contributed by atoms with Crippen LogP contribution in [0.3, 0.4) is 0 Å². The highest BCUT2D eigenvalue weighted by Crippen LogP contribution is 2.42. The molecule has 97 valence electrons. The van der Waals surface area contributed by atoms with E-state index in [0.29, 0.717) is 5.04 Å². The summed E-state index contributed by atoms with van der Waals surface area (Å²) in [5.41, 5.74) is 0. The van der Waals surface area contributed by atoms with E-state index in [1.54, 1.807) is 0 Å². The standard InChI is InChI=1S/C12H33Si4/c1-12(2,3)16(10,11)13(14(4,5)6)15(7,8)9/h1-11H3. The zero-order valence-electron chi connectivity index (χ0n) is 13.5. The van der Waals surface area contributed by atoms with E-state index in [1.807, 2.05) is 0 Å². The van der Waals surface area contributed by atoms with Gasteiger partial charge in [0.25, 0.3) is 0 Å². The summed E-state index contributed by atoms with van der Waals surface area (Å²) < 4.78 is 0. The van der Waals surface area contributed by atoms with Crippen molar-refractivity contribution in [3.05, 3.63) is 0 Å². The summed E-state index contributed by atoms with van der Waals surface area (Å²) in [4.78, 5) is 0. The second-order valence-electron chi connectivity index (χ2n) is 8.75. The Balaban J connectivity index is 5.57. The quantitative estimate of drug-likeness (QED) is 0.648. The third-order valence-electron chi connectivity index (χ3n) is 4.00. The fraction of sp³-hybridized carbons (Fsp3) is 1.00. The highest BCUT2D eigenvalue weighted by Gasteiger charge is 2.53. The summed E-state index contributed by atoms with van der Waals surface area (Å²) in [6, 6.07) is 0. The van der Waals surface area contributed by atoms with E-state index in [9.17, 15) is 0 Å². The lowest BCUT2D eigenvalue weighted by atomic mass is 10.2. The SMILES string of the molecule is CC(C)(C)[Si](C)(C)[Si]([Si](C)(C)C)[Si](C)(C)C. The first-order valence-electron chi connectivity index (χ1n) is 6.50. The smallest absolute Gasteiger partial charge is 0.0390 e. The molecule has 1 radical (unpaired) electrons. The van der Waals surface area contributed by atoms with Gasteiger partial charge in [0.15, 0.2) is 0 Å². The van der Waals surface area contributed by atoms with Crippen molar-refractivity contribution in [2.24, 2.45) is 0 Å². The molecule has 0 nitrogen and oxygen atoms in total. The molecule has 0 N–H and O–H groups in total. The number of hydrogen-bond acceptors (Lipinski definition) is 0. The Morgan fingerprint density at radius 1 is 0.625 bits per heavy atom.